The Balaban J connectivity index is 1.44. The normalized spacial score (nSPS) is 14.4. The number of carbonyl (C=O) groups is 1. The number of nitrogens with zero attached hydrogens (tertiary/aromatic N) is 3. The summed E-state index contributed by atoms with van der Waals surface area (Å²) in [5, 5.41) is 14.6. The Kier molecular flexibility index (Phi) is 5.54. The van der Waals surface area contributed by atoms with Gasteiger partial charge in [0.05, 0.1) is 16.2 Å². The summed E-state index contributed by atoms with van der Waals surface area (Å²) in [4.78, 5) is 16.5. The number of urea groups is 1. The molecule has 7 nitrogen and oxygen atoms in total. The van der Waals surface area contributed by atoms with Gasteiger partial charge in [-0.1, -0.05) is 42.1 Å². The van der Waals surface area contributed by atoms with E-state index < -0.39 is 0 Å². The minimum atomic E-state index is -0.232. The monoisotopic (exact) mass is 418 g/mol. The van der Waals surface area contributed by atoms with Gasteiger partial charge in [-0.15, -0.1) is 5.10 Å². The van der Waals surface area contributed by atoms with Gasteiger partial charge in [0.25, 0.3) is 0 Å². The molecule has 9 heteroatoms. The van der Waals surface area contributed by atoms with E-state index in [1.54, 1.807) is 16.8 Å². The average molecular weight is 419 g/mol. The third-order valence-electron chi connectivity index (χ3n) is 4.75. The van der Waals surface area contributed by atoms with Crippen LogP contribution in [0.15, 0.2) is 36.5 Å². The van der Waals surface area contributed by atoms with Crippen LogP contribution in [-0.2, 0) is 6.54 Å². The second kappa shape index (κ2) is 8.24. The fraction of sp³-hybridized carbons (Fsp3) is 0.316. The minimum Gasteiger partial charge on any atom is -0.365 e. The Labute approximate surface area is 172 Å². The molecule has 1 saturated carbocycles. The molecular formula is C19H20Cl2N6O. The number of rotatable bonds is 5. The zero-order chi connectivity index (χ0) is 19.5. The van der Waals surface area contributed by atoms with Crippen LogP contribution in [-0.4, -0.2) is 26.7 Å². The van der Waals surface area contributed by atoms with Gasteiger partial charge in [0.1, 0.15) is 5.82 Å². The van der Waals surface area contributed by atoms with Crippen molar-refractivity contribution in [3.63, 3.8) is 0 Å². The third kappa shape index (κ3) is 4.31. The van der Waals surface area contributed by atoms with Crippen molar-refractivity contribution in [2.45, 2.75) is 38.3 Å². The molecule has 1 aliphatic carbocycles. The first-order valence-electron chi connectivity index (χ1n) is 9.18. The van der Waals surface area contributed by atoms with Gasteiger partial charge >= 0.3 is 6.03 Å². The highest BCUT2D eigenvalue weighted by molar-refractivity contribution is 6.42. The van der Waals surface area contributed by atoms with E-state index in [4.69, 9.17) is 23.2 Å². The lowest BCUT2D eigenvalue weighted by molar-refractivity contribution is 0.248. The first-order chi connectivity index (χ1) is 13.6. The molecule has 0 bridgehead atoms. The topological polar surface area (TPSA) is 83.3 Å². The summed E-state index contributed by atoms with van der Waals surface area (Å²) in [6.45, 7) is 0.537. The number of anilines is 2. The second-order valence-electron chi connectivity index (χ2n) is 6.81. The highest BCUT2D eigenvalue weighted by Gasteiger charge is 2.18. The number of halogens is 2. The van der Waals surface area contributed by atoms with E-state index in [2.05, 4.69) is 26.0 Å². The molecule has 1 fully saturated rings. The van der Waals surface area contributed by atoms with Crippen LogP contribution in [0.4, 0.5) is 16.4 Å². The van der Waals surface area contributed by atoms with E-state index in [1.165, 1.54) is 0 Å². The molecule has 146 valence electrons. The van der Waals surface area contributed by atoms with Crippen molar-refractivity contribution in [3.05, 3.63) is 52.1 Å². The molecule has 0 spiro atoms. The summed E-state index contributed by atoms with van der Waals surface area (Å²) >= 11 is 12.0. The van der Waals surface area contributed by atoms with Crippen molar-refractivity contribution in [3.8, 4) is 0 Å². The van der Waals surface area contributed by atoms with Crippen molar-refractivity contribution in [1.82, 2.24) is 19.9 Å². The number of imidazole rings is 1. The fourth-order valence-corrected chi connectivity index (χ4v) is 3.62. The molecule has 0 atom stereocenters. The number of amides is 2. The van der Waals surface area contributed by atoms with E-state index in [0.717, 1.165) is 31.2 Å². The smallest absolute Gasteiger partial charge is 0.320 e. The molecule has 1 aliphatic rings. The lowest BCUT2D eigenvalue weighted by Gasteiger charge is -2.12. The van der Waals surface area contributed by atoms with E-state index in [9.17, 15) is 4.79 Å². The Morgan fingerprint density at radius 2 is 1.96 bits per heavy atom. The predicted molar refractivity (Wildman–Crippen MR) is 111 cm³/mol. The Morgan fingerprint density at radius 1 is 1.14 bits per heavy atom. The third-order valence-corrected chi connectivity index (χ3v) is 5.49. The first kappa shape index (κ1) is 18.8. The molecular weight excluding hydrogens is 399 g/mol. The van der Waals surface area contributed by atoms with Gasteiger partial charge in [0.2, 0.25) is 0 Å². The zero-order valence-electron chi connectivity index (χ0n) is 15.1. The van der Waals surface area contributed by atoms with Crippen LogP contribution in [0, 0.1) is 0 Å². The highest BCUT2D eigenvalue weighted by Crippen LogP contribution is 2.23. The molecule has 2 heterocycles. The van der Waals surface area contributed by atoms with Crippen molar-refractivity contribution < 1.29 is 4.79 Å². The minimum absolute atomic E-state index is 0.232. The van der Waals surface area contributed by atoms with Gasteiger partial charge in [-0.05, 0) is 42.7 Å². The average Bonchev–Trinajstić information content (AvgIpc) is 3.33. The molecule has 28 heavy (non-hydrogen) atoms. The Bertz CT molecular complexity index is 999. The summed E-state index contributed by atoms with van der Waals surface area (Å²) < 4.78 is 1.60. The summed E-state index contributed by atoms with van der Waals surface area (Å²) in [6, 6.07) is 9.16. The number of hydrogen-bond acceptors (Lipinski definition) is 4. The fourth-order valence-electron chi connectivity index (χ4n) is 3.30. The van der Waals surface area contributed by atoms with Crippen LogP contribution in [0.3, 0.4) is 0 Å². The quantitative estimate of drug-likeness (QED) is 0.559. The number of fused-ring (bicyclic) bond motifs is 1. The number of hydrogen-bond donors (Lipinski definition) is 3. The summed E-state index contributed by atoms with van der Waals surface area (Å²) in [6.07, 6.45) is 5.98. The summed E-state index contributed by atoms with van der Waals surface area (Å²) in [5.74, 6) is 1.17. The number of nitrogens with one attached hydrogen (secondary N) is 3. The highest BCUT2D eigenvalue weighted by atomic mass is 35.5. The molecule has 2 aromatic heterocycles. The SMILES string of the molecule is O=C(Nc1cnc2ccc(NCc3ccc(Cl)c(Cl)c3)nn12)NC1CCCC1. The molecule has 2 amide bonds. The van der Waals surface area contributed by atoms with E-state index in [0.29, 0.717) is 33.9 Å². The first-order valence-corrected chi connectivity index (χ1v) is 9.94. The van der Waals surface area contributed by atoms with E-state index >= 15 is 0 Å². The molecule has 4 rings (SSSR count). The lowest BCUT2D eigenvalue weighted by atomic mass is 10.2. The van der Waals surface area contributed by atoms with Crippen LogP contribution < -0.4 is 16.0 Å². The van der Waals surface area contributed by atoms with Crippen molar-refractivity contribution in [1.29, 1.82) is 0 Å². The molecule has 1 aromatic carbocycles. The number of carbonyl (C=O) groups excluding carboxylic acids is 1. The predicted octanol–water partition coefficient (Wildman–Crippen LogP) is 4.71. The molecule has 3 aromatic rings. The van der Waals surface area contributed by atoms with Gasteiger partial charge < -0.3 is 10.6 Å². The number of aromatic nitrogens is 3. The van der Waals surface area contributed by atoms with Crippen LogP contribution in [0.2, 0.25) is 10.0 Å². The van der Waals surface area contributed by atoms with Crippen molar-refractivity contribution in [2.75, 3.05) is 10.6 Å². The van der Waals surface area contributed by atoms with Gasteiger partial charge in [-0.3, -0.25) is 5.32 Å². The van der Waals surface area contributed by atoms with Crippen LogP contribution in [0.1, 0.15) is 31.2 Å². The Hall–Kier alpha value is -2.51. The molecule has 0 radical (unpaired) electrons. The summed E-state index contributed by atoms with van der Waals surface area (Å²) in [5.41, 5.74) is 1.63. The van der Waals surface area contributed by atoms with Crippen molar-refractivity contribution in [2.24, 2.45) is 0 Å². The Morgan fingerprint density at radius 3 is 2.75 bits per heavy atom. The number of benzene rings is 1. The second-order valence-corrected chi connectivity index (χ2v) is 7.63. The molecule has 3 N–H and O–H groups in total. The van der Waals surface area contributed by atoms with Gasteiger partial charge in [-0.25, -0.2) is 9.78 Å². The molecule has 0 saturated heterocycles. The molecule has 0 aliphatic heterocycles. The summed E-state index contributed by atoms with van der Waals surface area (Å²) in [7, 11) is 0. The molecule has 0 unspecified atom stereocenters. The van der Waals surface area contributed by atoms with Gasteiger partial charge in [0, 0.05) is 12.6 Å². The largest absolute Gasteiger partial charge is 0.365 e. The van der Waals surface area contributed by atoms with Gasteiger partial charge in [0.15, 0.2) is 11.5 Å². The van der Waals surface area contributed by atoms with Crippen molar-refractivity contribution >= 4 is 46.5 Å². The lowest BCUT2D eigenvalue weighted by Crippen LogP contribution is -2.36. The maximum absolute atomic E-state index is 12.2. The zero-order valence-corrected chi connectivity index (χ0v) is 16.6. The van der Waals surface area contributed by atoms with E-state index in [-0.39, 0.29) is 12.1 Å². The standard InChI is InChI=1S/C19H20Cl2N6O/c20-14-6-5-12(9-15(14)21)10-22-16-7-8-17-23-11-18(27(17)26-16)25-19(28)24-13-3-1-2-4-13/h5-9,11,13H,1-4,10H2,(H,22,26)(H2,24,25,28). The van der Waals surface area contributed by atoms with Gasteiger partial charge in [-0.2, -0.15) is 4.52 Å². The van der Waals surface area contributed by atoms with Crippen LogP contribution >= 0.6 is 23.2 Å². The maximum atomic E-state index is 12.2. The maximum Gasteiger partial charge on any atom is 0.320 e. The van der Waals surface area contributed by atoms with Crippen LogP contribution in [0.5, 0.6) is 0 Å². The van der Waals surface area contributed by atoms with E-state index in [1.807, 2.05) is 24.3 Å². The van der Waals surface area contributed by atoms with Crippen LogP contribution in [0.25, 0.3) is 5.65 Å².